The molecule has 1 aliphatic heterocycles. The van der Waals surface area contributed by atoms with E-state index in [1.165, 1.54) is 13.5 Å². The fourth-order valence-electron chi connectivity index (χ4n) is 4.75. The largest absolute Gasteiger partial charge is 0.467 e. The van der Waals surface area contributed by atoms with E-state index in [1.807, 2.05) is 6.92 Å². The van der Waals surface area contributed by atoms with E-state index in [9.17, 15) is 14.4 Å². The summed E-state index contributed by atoms with van der Waals surface area (Å²) in [6.07, 6.45) is 10.9. The van der Waals surface area contributed by atoms with Crippen molar-refractivity contribution in [1.82, 2.24) is 4.90 Å². The number of unbranched alkanes of at least 4 members (excludes halogenated alkanes) is 5. The molecule has 208 valence electrons. The van der Waals surface area contributed by atoms with Crippen LogP contribution in [0.25, 0.3) is 0 Å². The molecule has 0 spiro atoms. The number of para-hydroxylation sites is 1. The molecule has 0 saturated carbocycles. The second kappa shape index (κ2) is 17.0. The Bertz CT molecular complexity index is 845. The zero-order valence-corrected chi connectivity index (χ0v) is 22.9. The van der Waals surface area contributed by atoms with Gasteiger partial charge in [0.1, 0.15) is 17.9 Å². The third kappa shape index (κ3) is 10.3. The summed E-state index contributed by atoms with van der Waals surface area (Å²) in [6.45, 7) is 4.58. The summed E-state index contributed by atoms with van der Waals surface area (Å²) >= 11 is 0. The van der Waals surface area contributed by atoms with Crippen LogP contribution >= 0.6 is 0 Å². The number of methoxy groups -OCH3 is 1. The lowest BCUT2D eigenvalue weighted by Crippen LogP contribution is -2.42. The highest BCUT2D eigenvalue weighted by atomic mass is 16.7. The molecule has 8 nitrogen and oxygen atoms in total. The first kappa shape index (κ1) is 30.6. The maximum atomic E-state index is 13.4. The fraction of sp³-hybridized carbons (Fsp3) is 0.690. The number of nitrogens with two attached hydrogens (primary N) is 1. The van der Waals surface area contributed by atoms with Gasteiger partial charge in [-0.15, -0.1) is 0 Å². The summed E-state index contributed by atoms with van der Waals surface area (Å²) in [6, 6.07) is 6.44. The van der Waals surface area contributed by atoms with Gasteiger partial charge >= 0.3 is 5.97 Å². The molecule has 1 saturated heterocycles. The maximum Gasteiger partial charge on any atom is 0.329 e. The number of amides is 2. The van der Waals surface area contributed by atoms with Crippen molar-refractivity contribution in [3.05, 3.63) is 29.8 Å². The van der Waals surface area contributed by atoms with Crippen LogP contribution in [-0.4, -0.2) is 55.3 Å². The number of likely N-dealkylation sites (tertiary alicyclic amines) is 1. The molecular weight excluding hydrogens is 472 g/mol. The van der Waals surface area contributed by atoms with E-state index < -0.39 is 6.04 Å². The molecule has 1 fully saturated rings. The molecular formula is C29H46N2O6. The molecule has 0 bridgehead atoms. The van der Waals surface area contributed by atoms with Crippen LogP contribution in [0.1, 0.15) is 101 Å². The van der Waals surface area contributed by atoms with Crippen molar-refractivity contribution < 1.29 is 28.6 Å². The van der Waals surface area contributed by atoms with Crippen LogP contribution in [0.3, 0.4) is 0 Å². The van der Waals surface area contributed by atoms with E-state index in [1.54, 1.807) is 29.2 Å². The lowest BCUT2D eigenvalue weighted by Gasteiger charge is -2.26. The van der Waals surface area contributed by atoms with Gasteiger partial charge in [0.25, 0.3) is 5.91 Å². The van der Waals surface area contributed by atoms with Crippen molar-refractivity contribution in [2.45, 2.75) is 103 Å². The van der Waals surface area contributed by atoms with E-state index in [0.717, 1.165) is 64.2 Å². The van der Waals surface area contributed by atoms with Crippen LogP contribution in [0.15, 0.2) is 24.3 Å². The zero-order chi connectivity index (χ0) is 27.0. The summed E-state index contributed by atoms with van der Waals surface area (Å²) < 4.78 is 16.6. The highest BCUT2D eigenvalue weighted by molar-refractivity contribution is 5.99. The minimum Gasteiger partial charge on any atom is -0.467 e. The molecule has 2 N–H and O–H groups in total. The van der Waals surface area contributed by atoms with Gasteiger partial charge in [-0.25, -0.2) is 4.79 Å². The van der Waals surface area contributed by atoms with E-state index in [2.05, 4.69) is 6.92 Å². The second-order valence-corrected chi connectivity index (χ2v) is 10.1. The highest BCUT2D eigenvalue weighted by Crippen LogP contribution is 2.27. The van der Waals surface area contributed by atoms with Gasteiger partial charge in [-0.3, -0.25) is 9.59 Å². The molecule has 1 heterocycles. The van der Waals surface area contributed by atoms with Crippen molar-refractivity contribution in [1.29, 1.82) is 0 Å². The smallest absolute Gasteiger partial charge is 0.329 e. The molecule has 3 atom stereocenters. The quantitative estimate of drug-likeness (QED) is 0.162. The standard InChI is InChI=1S/C29H46N2O6/c1-4-5-6-9-15-23(16-10-7-8-14-22(2)27(30)32)37-29(34)25-18-13-20-31(25)28(33)24-17-11-12-19-26(24)36-21-35-3/h11-12,17,19,22-23,25H,4-10,13-16,18,20-21H2,1-3H3,(H2,30,32)/t22-,23-,25+/m1/s1. The highest BCUT2D eigenvalue weighted by Gasteiger charge is 2.37. The minimum atomic E-state index is -0.586. The van der Waals surface area contributed by atoms with Gasteiger partial charge in [0.2, 0.25) is 5.91 Å². The molecule has 37 heavy (non-hydrogen) atoms. The van der Waals surface area contributed by atoms with E-state index in [-0.39, 0.29) is 36.6 Å². The Kier molecular flexibility index (Phi) is 14.1. The van der Waals surface area contributed by atoms with Crippen LogP contribution < -0.4 is 10.5 Å². The average molecular weight is 519 g/mol. The second-order valence-electron chi connectivity index (χ2n) is 10.1. The normalized spacial score (nSPS) is 16.8. The minimum absolute atomic E-state index is 0.0386. The van der Waals surface area contributed by atoms with Crippen LogP contribution in [0.4, 0.5) is 0 Å². The number of hydrogen-bond donors (Lipinski definition) is 1. The lowest BCUT2D eigenvalue weighted by atomic mass is 9.99. The van der Waals surface area contributed by atoms with E-state index >= 15 is 0 Å². The predicted octanol–water partition coefficient (Wildman–Crippen LogP) is 5.23. The molecule has 2 amide bonds. The SMILES string of the molecule is CCCCCC[C@H](CCCCC[C@@H](C)C(N)=O)OC(=O)[C@@H]1CCCN1C(=O)c1ccccc1OCOC. The van der Waals surface area contributed by atoms with Gasteiger partial charge in [-0.1, -0.05) is 58.1 Å². The number of carbonyl (C=O) groups is 3. The third-order valence-electron chi connectivity index (χ3n) is 7.05. The Balaban J connectivity index is 1.98. The monoisotopic (exact) mass is 518 g/mol. The maximum absolute atomic E-state index is 13.4. The Morgan fingerprint density at radius 2 is 1.70 bits per heavy atom. The Labute approximate surface area is 222 Å². The van der Waals surface area contributed by atoms with E-state index in [0.29, 0.717) is 24.3 Å². The summed E-state index contributed by atoms with van der Waals surface area (Å²) in [5.74, 6) is -0.476. The first-order chi connectivity index (χ1) is 17.9. The predicted molar refractivity (Wildman–Crippen MR) is 143 cm³/mol. The van der Waals surface area contributed by atoms with Crippen molar-refractivity contribution in [2.75, 3.05) is 20.4 Å². The number of rotatable bonds is 18. The van der Waals surface area contributed by atoms with Gasteiger partial charge in [0, 0.05) is 19.6 Å². The summed E-state index contributed by atoms with van der Waals surface area (Å²) in [4.78, 5) is 39.5. The topological polar surface area (TPSA) is 108 Å². The van der Waals surface area contributed by atoms with Crippen LogP contribution in [0.5, 0.6) is 5.75 Å². The van der Waals surface area contributed by atoms with Crippen molar-refractivity contribution >= 4 is 17.8 Å². The van der Waals surface area contributed by atoms with Gasteiger partial charge in [0.05, 0.1) is 5.56 Å². The molecule has 0 aromatic heterocycles. The van der Waals surface area contributed by atoms with Crippen LogP contribution in [0.2, 0.25) is 0 Å². The lowest BCUT2D eigenvalue weighted by molar-refractivity contribution is -0.154. The van der Waals surface area contributed by atoms with Gasteiger partial charge < -0.3 is 24.8 Å². The molecule has 0 aliphatic carbocycles. The molecule has 1 aromatic carbocycles. The number of hydrogen-bond acceptors (Lipinski definition) is 6. The number of nitrogens with zero attached hydrogens (tertiary/aromatic N) is 1. The molecule has 0 unspecified atom stereocenters. The number of ether oxygens (including phenoxy) is 3. The van der Waals surface area contributed by atoms with Gasteiger partial charge in [-0.2, -0.15) is 0 Å². The zero-order valence-electron chi connectivity index (χ0n) is 22.9. The van der Waals surface area contributed by atoms with Gasteiger partial charge in [-0.05, 0) is 57.1 Å². The fourth-order valence-corrected chi connectivity index (χ4v) is 4.75. The number of primary amides is 1. The van der Waals surface area contributed by atoms with E-state index in [4.69, 9.17) is 19.9 Å². The van der Waals surface area contributed by atoms with Gasteiger partial charge in [0.15, 0.2) is 6.79 Å². The molecule has 1 aromatic rings. The third-order valence-corrected chi connectivity index (χ3v) is 7.05. The Hall–Kier alpha value is -2.61. The number of esters is 1. The summed E-state index contributed by atoms with van der Waals surface area (Å²) in [7, 11) is 1.53. The summed E-state index contributed by atoms with van der Waals surface area (Å²) in [5.41, 5.74) is 5.77. The average Bonchev–Trinajstić information content (AvgIpc) is 3.39. The Morgan fingerprint density at radius 3 is 2.38 bits per heavy atom. The van der Waals surface area contributed by atoms with Crippen molar-refractivity contribution in [2.24, 2.45) is 11.7 Å². The van der Waals surface area contributed by atoms with Crippen LogP contribution in [-0.2, 0) is 19.1 Å². The molecule has 8 heteroatoms. The molecule has 2 rings (SSSR count). The van der Waals surface area contributed by atoms with Crippen LogP contribution in [0, 0.1) is 5.92 Å². The first-order valence-corrected chi connectivity index (χ1v) is 13.9. The number of carbonyl (C=O) groups excluding carboxylic acids is 3. The molecule has 0 radical (unpaired) electrons. The Morgan fingerprint density at radius 1 is 1.03 bits per heavy atom. The number of benzene rings is 1. The van der Waals surface area contributed by atoms with Crippen molar-refractivity contribution in [3.8, 4) is 5.75 Å². The molecule has 1 aliphatic rings. The summed E-state index contributed by atoms with van der Waals surface area (Å²) in [5, 5.41) is 0. The first-order valence-electron chi connectivity index (χ1n) is 13.9. The van der Waals surface area contributed by atoms with Crippen molar-refractivity contribution in [3.63, 3.8) is 0 Å².